The van der Waals surface area contributed by atoms with E-state index in [2.05, 4.69) is 4.98 Å². The molecule has 1 aliphatic heterocycles. The van der Waals surface area contributed by atoms with Gasteiger partial charge in [0.2, 0.25) is 0 Å². The average molecular weight is 287 g/mol. The summed E-state index contributed by atoms with van der Waals surface area (Å²) in [6.07, 6.45) is 6.76. The van der Waals surface area contributed by atoms with Gasteiger partial charge in [-0.1, -0.05) is 25.7 Å². The van der Waals surface area contributed by atoms with Crippen LogP contribution in [0.5, 0.6) is 0 Å². The number of carbonyl (C=O) groups excluding carboxylic acids is 1. The minimum absolute atomic E-state index is 0.0496. The van der Waals surface area contributed by atoms with E-state index in [1.165, 1.54) is 18.9 Å². The zero-order valence-corrected chi connectivity index (χ0v) is 12.4. The minimum atomic E-state index is -0.490. The molecule has 0 radical (unpaired) electrons. The first-order valence-electron chi connectivity index (χ1n) is 7.57. The molecular weight excluding hydrogens is 266 g/mol. The lowest BCUT2D eigenvalue weighted by atomic mass is 10.1. The van der Waals surface area contributed by atoms with Gasteiger partial charge in [-0.25, -0.2) is 0 Å². The third kappa shape index (κ3) is 3.72. The Morgan fingerprint density at radius 2 is 1.76 bits per heavy atom. The number of aromatic nitrogens is 1. The number of nitriles is 1. The topological polar surface area (TPSA) is 77.0 Å². The Balaban J connectivity index is 2.23. The molecule has 5 nitrogen and oxygen atoms in total. The fourth-order valence-electron chi connectivity index (χ4n) is 2.72. The lowest BCUT2D eigenvalue weighted by molar-refractivity contribution is 0.0745. The van der Waals surface area contributed by atoms with E-state index in [9.17, 15) is 9.59 Å². The van der Waals surface area contributed by atoms with Crippen molar-refractivity contribution in [2.45, 2.75) is 45.4 Å². The molecule has 0 unspecified atom stereocenters. The lowest BCUT2D eigenvalue weighted by Gasteiger charge is -2.22. The van der Waals surface area contributed by atoms with Crippen LogP contribution in [0.1, 0.15) is 60.1 Å². The fraction of sp³-hybridized carbons (Fsp3) is 0.562. The molecule has 1 aromatic heterocycles. The molecule has 0 aromatic carbocycles. The summed E-state index contributed by atoms with van der Waals surface area (Å²) in [6, 6.07) is 3.33. The number of hydrogen-bond acceptors (Lipinski definition) is 3. The largest absolute Gasteiger partial charge is 0.337 e. The highest BCUT2D eigenvalue weighted by atomic mass is 16.2. The molecule has 1 saturated heterocycles. The lowest BCUT2D eigenvalue weighted by Crippen LogP contribution is -2.35. The van der Waals surface area contributed by atoms with Gasteiger partial charge in [-0.05, 0) is 31.4 Å². The molecule has 0 spiro atoms. The van der Waals surface area contributed by atoms with Crippen molar-refractivity contribution in [3.63, 3.8) is 0 Å². The molecule has 1 fully saturated rings. The zero-order chi connectivity index (χ0) is 15.2. The van der Waals surface area contributed by atoms with Crippen molar-refractivity contribution < 1.29 is 4.79 Å². The maximum Gasteiger partial charge on any atom is 0.270 e. The van der Waals surface area contributed by atoms with Gasteiger partial charge in [0.05, 0.1) is 0 Å². The molecular formula is C16H21N3O2. The van der Waals surface area contributed by atoms with Crippen LogP contribution in [0.15, 0.2) is 10.9 Å². The van der Waals surface area contributed by atoms with Crippen LogP contribution in [-0.2, 0) is 0 Å². The van der Waals surface area contributed by atoms with Crippen molar-refractivity contribution in [2.75, 3.05) is 13.1 Å². The Morgan fingerprint density at radius 3 is 2.33 bits per heavy atom. The van der Waals surface area contributed by atoms with Gasteiger partial charge >= 0.3 is 0 Å². The Hall–Kier alpha value is -2.09. The molecule has 1 amide bonds. The van der Waals surface area contributed by atoms with Crippen LogP contribution < -0.4 is 5.56 Å². The number of nitrogens with zero attached hydrogens (tertiary/aromatic N) is 2. The molecule has 2 rings (SSSR count). The molecule has 112 valence electrons. The number of rotatable bonds is 1. The van der Waals surface area contributed by atoms with Crippen molar-refractivity contribution in [1.29, 1.82) is 5.26 Å². The van der Waals surface area contributed by atoms with Gasteiger partial charge in [-0.3, -0.25) is 9.59 Å². The number of hydrogen-bond donors (Lipinski definition) is 1. The van der Waals surface area contributed by atoms with Gasteiger partial charge in [-0.2, -0.15) is 5.26 Å². The van der Waals surface area contributed by atoms with Gasteiger partial charge < -0.3 is 9.88 Å². The predicted octanol–water partition coefficient (Wildman–Crippen LogP) is 2.35. The first-order valence-corrected chi connectivity index (χ1v) is 7.57. The molecule has 0 aliphatic carbocycles. The summed E-state index contributed by atoms with van der Waals surface area (Å²) in [5, 5.41) is 8.86. The van der Waals surface area contributed by atoms with Gasteiger partial charge in [0.1, 0.15) is 17.3 Å². The molecule has 1 aromatic rings. The molecule has 0 atom stereocenters. The van der Waals surface area contributed by atoms with Crippen molar-refractivity contribution in [1.82, 2.24) is 9.88 Å². The van der Waals surface area contributed by atoms with Crippen molar-refractivity contribution in [3.8, 4) is 6.07 Å². The number of carbonyl (C=O) groups is 1. The highest BCUT2D eigenvalue weighted by Gasteiger charge is 2.19. The van der Waals surface area contributed by atoms with Crippen LogP contribution in [0.25, 0.3) is 0 Å². The Labute approximate surface area is 124 Å². The number of aromatic amines is 1. The Kier molecular flexibility index (Phi) is 5.15. The summed E-state index contributed by atoms with van der Waals surface area (Å²) in [5.41, 5.74) is 0.526. The highest BCUT2D eigenvalue weighted by molar-refractivity contribution is 5.93. The van der Waals surface area contributed by atoms with Gasteiger partial charge in [0, 0.05) is 13.1 Å². The van der Waals surface area contributed by atoms with E-state index in [1.54, 1.807) is 6.92 Å². The van der Waals surface area contributed by atoms with Crippen LogP contribution in [0.4, 0.5) is 0 Å². The molecule has 1 N–H and O–H groups in total. The van der Waals surface area contributed by atoms with Crippen LogP contribution >= 0.6 is 0 Å². The standard InChI is InChI=1S/C16H21N3O2/c1-12-10-13(11-17)15(20)18-14(12)16(21)19-8-6-4-2-3-5-7-9-19/h10H,2-9H2,1H3,(H,18,20). The predicted molar refractivity (Wildman–Crippen MR) is 80.1 cm³/mol. The smallest absolute Gasteiger partial charge is 0.270 e. The maximum atomic E-state index is 12.6. The van der Waals surface area contributed by atoms with Crippen LogP contribution in [0, 0.1) is 18.3 Å². The average Bonchev–Trinajstić information content (AvgIpc) is 2.62. The monoisotopic (exact) mass is 287 g/mol. The third-order valence-corrected chi connectivity index (χ3v) is 3.97. The van der Waals surface area contributed by atoms with Crippen LogP contribution in [0.2, 0.25) is 0 Å². The molecule has 1 aliphatic rings. The van der Waals surface area contributed by atoms with E-state index in [1.807, 2.05) is 11.0 Å². The number of pyridine rings is 1. The van der Waals surface area contributed by atoms with Crippen molar-refractivity contribution in [2.24, 2.45) is 0 Å². The maximum absolute atomic E-state index is 12.6. The van der Waals surface area contributed by atoms with E-state index < -0.39 is 5.56 Å². The van der Waals surface area contributed by atoms with Gasteiger partial charge in [-0.15, -0.1) is 0 Å². The van der Waals surface area contributed by atoms with Gasteiger partial charge in [0.25, 0.3) is 11.5 Å². The molecule has 0 saturated carbocycles. The SMILES string of the molecule is Cc1cc(C#N)c(=O)[nH]c1C(=O)N1CCCCCCCC1. The first kappa shape index (κ1) is 15.3. The second-order valence-electron chi connectivity index (χ2n) is 5.60. The van der Waals surface area contributed by atoms with E-state index in [4.69, 9.17) is 5.26 Å². The van der Waals surface area contributed by atoms with E-state index >= 15 is 0 Å². The highest BCUT2D eigenvalue weighted by Crippen LogP contribution is 2.14. The molecule has 2 heterocycles. The van der Waals surface area contributed by atoms with E-state index in [0.717, 1.165) is 38.8 Å². The second kappa shape index (κ2) is 7.07. The van der Waals surface area contributed by atoms with E-state index in [-0.39, 0.29) is 11.5 Å². The molecule has 21 heavy (non-hydrogen) atoms. The van der Waals surface area contributed by atoms with Crippen LogP contribution in [-0.4, -0.2) is 28.9 Å². The number of nitrogens with one attached hydrogen (secondary N) is 1. The zero-order valence-electron chi connectivity index (χ0n) is 12.4. The summed E-state index contributed by atoms with van der Waals surface area (Å²) < 4.78 is 0. The van der Waals surface area contributed by atoms with E-state index in [0.29, 0.717) is 11.3 Å². The van der Waals surface area contributed by atoms with Gasteiger partial charge in [0.15, 0.2) is 0 Å². The first-order chi connectivity index (χ1) is 10.1. The summed E-state index contributed by atoms with van der Waals surface area (Å²) in [5.74, 6) is -0.129. The summed E-state index contributed by atoms with van der Waals surface area (Å²) in [6.45, 7) is 3.22. The number of aryl methyl sites for hydroxylation is 1. The van der Waals surface area contributed by atoms with Crippen molar-refractivity contribution in [3.05, 3.63) is 33.2 Å². The summed E-state index contributed by atoms with van der Waals surface area (Å²) in [4.78, 5) is 28.8. The summed E-state index contributed by atoms with van der Waals surface area (Å²) >= 11 is 0. The second-order valence-corrected chi connectivity index (χ2v) is 5.60. The number of H-pyrrole nitrogens is 1. The minimum Gasteiger partial charge on any atom is -0.337 e. The third-order valence-electron chi connectivity index (χ3n) is 3.97. The van der Waals surface area contributed by atoms with Crippen molar-refractivity contribution >= 4 is 5.91 Å². The van der Waals surface area contributed by atoms with Crippen LogP contribution in [0.3, 0.4) is 0 Å². The number of amides is 1. The Morgan fingerprint density at radius 1 is 1.19 bits per heavy atom. The molecule has 5 heteroatoms. The molecule has 0 bridgehead atoms. The summed E-state index contributed by atoms with van der Waals surface area (Å²) in [7, 11) is 0. The normalized spacial score (nSPS) is 16.5. The Bertz CT molecular complexity index is 603. The quantitative estimate of drug-likeness (QED) is 0.861. The fourth-order valence-corrected chi connectivity index (χ4v) is 2.72.